The van der Waals surface area contributed by atoms with Crippen LogP contribution in [0.2, 0.25) is 10.0 Å². The van der Waals surface area contributed by atoms with Crippen LogP contribution in [0.15, 0.2) is 78.2 Å². The maximum atomic E-state index is 12.7. The van der Waals surface area contributed by atoms with E-state index in [2.05, 4.69) is 32.6 Å². The molecule has 4 aromatic rings. The summed E-state index contributed by atoms with van der Waals surface area (Å²) in [5, 5.41) is 13.5. The highest BCUT2D eigenvalue weighted by Gasteiger charge is 2.18. The van der Waals surface area contributed by atoms with Crippen molar-refractivity contribution in [3.8, 4) is 11.4 Å². The van der Waals surface area contributed by atoms with Gasteiger partial charge in [0, 0.05) is 28.0 Å². The van der Waals surface area contributed by atoms with Crippen molar-refractivity contribution in [2.75, 3.05) is 5.75 Å². The lowest BCUT2D eigenvalue weighted by molar-refractivity contribution is -0.119. The molecule has 0 aliphatic carbocycles. The zero-order valence-electron chi connectivity index (χ0n) is 17.8. The SMILES string of the molecule is CC(NC(=O)CSc1nnc(-c2ccncc2)n1Cc1ccccc1)c1ccc(Cl)cc1Cl. The molecule has 0 radical (unpaired) electrons. The fourth-order valence-electron chi connectivity index (χ4n) is 3.36. The Labute approximate surface area is 206 Å². The summed E-state index contributed by atoms with van der Waals surface area (Å²) in [4.78, 5) is 16.7. The number of hydrogen-bond donors (Lipinski definition) is 1. The van der Waals surface area contributed by atoms with E-state index < -0.39 is 0 Å². The zero-order chi connectivity index (χ0) is 23.2. The predicted octanol–water partition coefficient (Wildman–Crippen LogP) is 5.66. The monoisotopic (exact) mass is 497 g/mol. The molecule has 1 N–H and O–H groups in total. The number of benzene rings is 2. The largest absolute Gasteiger partial charge is 0.349 e. The Bertz CT molecular complexity index is 1230. The van der Waals surface area contributed by atoms with Gasteiger partial charge in [0.2, 0.25) is 5.91 Å². The van der Waals surface area contributed by atoms with E-state index in [9.17, 15) is 4.79 Å². The van der Waals surface area contributed by atoms with Crippen LogP contribution in [0.5, 0.6) is 0 Å². The number of thioether (sulfide) groups is 1. The summed E-state index contributed by atoms with van der Waals surface area (Å²) in [6.07, 6.45) is 3.45. The molecule has 33 heavy (non-hydrogen) atoms. The molecule has 0 spiro atoms. The number of carbonyl (C=O) groups excluding carboxylic acids is 1. The smallest absolute Gasteiger partial charge is 0.230 e. The molecule has 6 nitrogen and oxygen atoms in total. The Hall–Kier alpha value is -2.87. The van der Waals surface area contributed by atoms with Crippen LogP contribution < -0.4 is 5.32 Å². The molecule has 0 saturated heterocycles. The molecule has 0 saturated carbocycles. The maximum Gasteiger partial charge on any atom is 0.230 e. The molecule has 1 amide bonds. The average Bonchev–Trinajstić information content (AvgIpc) is 3.21. The second-order valence-electron chi connectivity index (χ2n) is 7.36. The van der Waals surface area contributed by atoms with E-state index in [0.29, 0.717) is 21.7 Å². The van der Waals surface area contributed by atoms with Crippen LogP contribution in [0.3, 0.4) is 0 Å². The first kappa shape index (κ1) is 23.3. The van der Waals surface area contributed by atoms with Gasteiger partial charge in [0.15, 0.2) is 11.0 Å². The Morgan fingerprint density at radius 1 is 1.06 bits per heavy atom. The minimum atomic E-state index is -0.252. The van der Waals surface area contributed by atoms with Crippen LogP contribution in [0, 0.1) is 0 Å². The number of nitrogens with one attached hydrogen (secondary N) is 1. The standard InChI is InChI=1S/C24H21Cl2N5OS/c1-16(20-8-7-19(25)13-21(20)26)28-22(32)15-33-24-30-29-23(18-9-11-27-12-10-18)31(24)14-17-5-3-2-4-6-17/h2-13,16H,14-15H2,1H3,(H,28,32). The summed E-state index contributed by atoms with van der Waals surface area (Å²) in [5.41, 5.74) is 2.84. The number of halogens is 2. The van der Waals surface area contributed by atoms with Crippen molar-refractivity contribution in [3.05, 3.63) is 94.2 Å². The summed E-state index contributed by atoms with van der Waals surface area (Å²) in [7, 11) is 0. The highest BCUT2D eigenvalue weighted by Crippen LogP contribution is 2.27. The van der Waals surface area contributed by atoms with Gasteiger partial charge in [-0.3, -0.25) is 14.3 Å². The zero-order valence-corrected chi connectivity index (χ0v) is 20.1. The minimum absolute atomic E-state index is 0.127. The number of amides is 1. The molecule has 0 aliphatic rings. The third-order valence-electron chi connectivity index (χ3n) is 4.98. The van der Waals surface area contributed by atoms with Crippen molar-refractivity contribution in [2.24, 2.45) is 0 Å². The van der Waals surface area contributed by atoms with E-state index in [1.54, 1.807) is 24.5 Å². The van der Waals surface area contributed by atoms with E-state index in [1.807, 2.05) is 47.9 Å². The van der Waals surface area contributed by atoms with E-state index in [-0.39, 0.29) is 17.7 Å². The summed E-state index contributed by atoms with van der Waals surface area (Å²) >= 11 is 13.6. The van der Waals surface area contributed by atoms with Gasteiger partial charge in [0.05, 0.1) is 18.3 Å². The molecule has 2 aromatic heterocycles. The lowest BCUT2D eigenvalue weighted by atomic mass is 10.1. The van der Waals surface area contributed by atoms with Crippen molar-refractivity contribution in [3.63, 3.8) is 0 Å². The highest BCUT2D eigenvalue weighted by atomic mass is 35.5. The van der Waals surface area contributed by atoms with Gasteiger partial charge in [0.1, 0.15) is 0 Å². The first-order valence-electron chi connectivity index (χ1n) is 10.3. The number of carbonyl (C=O) groups is 1. The van der Waals surface area contributed by atoms with Crippen molar-refractivity contribution in [1.82, 2.24) is 25.1 Å². The van der Waals surface area contributed by atoms with E-state index >= 15 is 0 Å². The first-order valence-corrected chi connectivity index (χ1v) is 12.0. The van der Waals surface area contributed by atoms with Gasteiger partial charge in [-0.15, -0.1) is 10.2 Å². The van der Waals surface area contributed by atoms with Crippen molar-refractivity contribution < 1.29 is 4.79 Å². The molecule has 2 aromatic carbocycles. The summed E-state index contributed by atoms with van der Waals surface area (Å²) in [5.74, 6) is 0.794. The van der Waals surface area contributed by atoms with Crippen molar-refractivity contribution in [2.45, 2.75) is 24.7 Å². The van der Waals surface area contributed by atoms with Crippen LogP contribution in [0.4, 0.5) is 0 Å². The normalized spacial score (nSPS) is 11.8. The molecular formula is C24H21Cl2N5OS. The summed E-state index contributed by atoms with van der Waals surface area (Å²) in [6.45, 7) is 2.48. The fourth-order valence-corrected chi connectivity index (χ4v) is 4.68. The van der Waals surface area contributed by atoms with Crippen LogP contribution in [0.1, 0.15) is 24.1 Å². The van der Waals surface area contributed by atoms with Crippen LogP contribution >= 0.6 is 35.0 Å². The summed E-state index contributed by atoms with van der Waals surface area (Å²) < 4.78 is 2.02. The van der Waals surface area contributed by atoms with Gasteiger partial charge >= 0.3 is 0 Å². The Morgan fingerprint density at radius 2 is 1.82 bits per heavy atom. The molecule has 0 fully saturated rings. The van der Waals surface area contributed by atoms with Gasteiger partial charge < -0.3 is 5.32 Å². The van der Waals surface area contributed by atoms with E-state index in [0.717, 1.165) is 22.5 Å². The number of hydrogen-bond acceptors (Lipinski definition) is 5. The maximum absolute atomic E-state index is 12.7. The van der Waals surface area contributed by atoms with Gasteiger partial charge in [0.25, 0.3) is 0 Å². The predicted molar refractivity (Wildman–Crippen MR) is 133 cm³/mol. The van der Waals surface area contributed by atoms with Crippen LogP contribution in [-0.4, -0.2) is 31.4 Å². The molecule has 1 atom stereocenters. The molecule has 2 heterocycles. The van der Waals surface area contributed by atoms with Gasteiger partial charge in [-0.05, 0) is 42.3 Å². The number of nitrogens with zero attached hydrogens (tertiary/aromatic N) is 4. The molecular weight excluding hydrogens is 477 g/mol. The fraction of sp³-hybridized carbons (Fsp3) is 0.167. The van der Waals surface area contributed by atoms with Gasteiger partial charge in [-0.1, -0.05) is 71.4 Å². The van der Waals surface area contributed by atoms with Crippen molar-refractivity contribution >= 4 is 40.9 Å². The molecule has 1 unspecified atom stereocenters. The Kier molecular flexibility index (Phi) is 7.65. The Morgan fingerprint density at radius 3 is 2.55 bits per heavy atom. The third-order valence-corrected chi connectivity index (χ3v) is 6.51. The average molecular weight is 498 g/mol. The van der Waals surface area contributed by atoms with Crippen LogP contribution in [-0.2, 0) is 11.3 Å². The summed E-state index contributed by atoms with van der Waals surface area (Å²) in [6, 6.07) is 18.9. The second-order valence-corrected chi connectivity index (χ2v) is 9.14. The van der Waals surface area contributed by atoms with E-state index in [1.165, 1.54) is 11.8 Å². The topological polar surface area (TPSA) is 72.7 Å². The van der Waals surface area contributed by atoms with Gasteiger partial charge in [-0.25, -0.2) is 0 Å². The van der Waals surface area contributed by atoms with Crippen molar-refractivity contribution in [1.29, 1.82) is 0 Å². The number of pyridine rings is 1. The number of rotatable bonds is 8. The lowest BCUT2D eigenvalue weighted by Gasteiger charge is -2.16. The third kappa shape index (κ3) is 5.93. The molecule has 4 rings (SSSR count). The number of aromatic nitrogens is 4. The highest BCUT2D eigenvalue weighted by molar-refractivity contribution is 7.99. The van der Waals surface area contributed by atoms with Gasteiger partial charge in [-0.2, -0.15) is 0 Å². The van der Waals surface area contributed by atoms with Crippen LogP contribution in [0.25, 0.3) is 11.4 Å². The first-order chi connectivity index (χ1) is 16.0. The quantitative estimate of drug-likeness (QED) is 0.317. The Balaban J connectivity index is 1.49. The molecule has 0 bridgehead atoms. The minimum Gasteiger partial charge on any atom is -0.349 e. The molecule has 9 heteroatoms. The lowest BCUT2D eigenvalue weighted by Crippen LogP contribution is -2.28. The second kappa shape index (κ2) is 10.8. The molecule has 0 aliphatic heterocycles. The van der Waals surface area contributed by atoms with E-state index in [4.69, 9.17) is 23.2 Å². The molecule has 168 valence electrons.